The SMILES string of the molecule is Cc1ccc(C(=O)Nc2ccc(C(N)=S)cc2F)cc1C. The minimum atomic E-state index is -0.572. The lowest BCUT2D eigenvalue weighted by atomic mass is 10.1. The quantitative estimate of drug-likeness (QED) is 0.855. The van der Waals surface area contributed by atoms with Crippen LogP contribution in [0.4, 0.5) is 10.1 Å². The summed E-state index contributed by atoms with van der Waals surface area (Å²) in [4.78, 5) is 12.2. The zero-order valence-corrected chi connectivity index (χ0v) is 12.6. The van der Waals surface area contributed by atoms with E-state index in [1.807, 2.05) is 19.9 Å². The van der Waals surface area contributed by atoms with E-state index in [4.69, 9.17) is 18.0 Å². The molecule has 108 valence electrons. The lowest BCUT2D eigenvalue weighted by molar-refractivity contribution is 0.102. The Morgan fingerprint density at radius 1 is 1.10 bits per heavy atom. The van der Waals surface area contributed by atoms with Gasteiger partial charge in [-0.2, -0.15) is 0 Å². The molecule has 0 saturated carbocycles. The standard InChI is InChI=1S/C16H15FN2OS/c1-9-3-4-12(7-10(9)2)16(20)19-14-6-5-11(15(18)21)8-13(14)17/h3-8H,1-2H3,(H2,18,21)(H,19,20). The van der Waals surface area contributed by atoms with Crippen LogP contribution in [0.2, 0.25) is 0 Å². The van der Waals surface area contributed by atoms with Crippen molar-refractivity contribution in [2.45, 2.75) is 13.8 Å². The molecule has 0 fully saturated rings. The molecule has 21 heavy (non-hydrogen) atoms. The lowest BCUT2D eigenvalue weighted by Gasteiger charge is -2.09. The predicted octanol–water partition coefficient (Wildman–Crippen LogP) is 3.33. The molecular weight excluding hydrogens is 287 g/mol. The molecule has 2 aromatic carbocycles. The summed E-state index contributed by atoms with van der Waals surface area (Å²) in [6.07, 6.45) is 0. The van der Waals surface area contributed by atoms with Crippen molar-refractivity contribution in [2.24, 2.45) is 5.73 Å². The highest BCUT2D eigenvalue weighted by Crippen LogP contribution is 2.18. The van der Waals surface area contributed by atoms with Crippen LogP contribution < -0.4 is 11.1 Å². The fourth-order valence-electron chi connectivity index (χ4n) is 1.85. The van der Waals surface area contributed by atoms with Gasteiger partial charge >= 0.3 is 0 Å². The van der Waals surface area contributed by atoms with E-state index in [1.165, 1.54) is 12.1 Å². The van der Waals surface area contributed by atoms with Crippen molar-refractivity contribution >= 4 is 28.8 Å². The number of aryl methyl sites for hydroxylation is 2. The molecule has 0 bridgehead atoms. The second-order valence-electron chi connectivity index (χ2n) is 4.81. The molecular formula is C16H15FN2OS. The van der Waals surface area contributed by atoms with E-state index in [-0.39, 0.29) is 16.6 Å². The average molecular weight is 302 g/mol. The third-order valence-electron chi connectivity index (χ3n) is 3.27. The maximum Gasteiger partial charge on any atom is 0.255 e. The number of rotatable bonds is 3. The molecule has 0 unspecified atom stereocenters. The molecule has 0 spiro atoms. The van der Waals surface area contributed by atoms with Gasteiger partial charge in [0.1, 0.15) is 10.8 Å². The molecule has 2 aromatic rings. The van der Waals surface area contributed by atoms with Gasteiger partial charge < -0.3 is 11.1 Å². The molecule has 0 radical (unpaired) electrons. The third-order valence-corrected chi connectivity index (χ3v) is 3.51. The minimum Gasteiger partial charge on any atom is -0.389 e. The van der Waals surface area contributed by atoms with Crippen LogP contribution in [0.1, 0.15) is 27.0 Å². The Kier molecular flexibility index (Phi) is 4.33. The predicted molar refractivity (Wildman–Crippen MR) is 86.2 cm³/mol. The van der Waals surface area contributed by atoms with Gasteiger partial charge in [-0.15, -0.1) is 0 Å². The molecule has 0 aliphatic rings. The summed E-state index contributed by atoms with van der Waals surface area (Å²) in [7, 11) is 0. The van der Waals surface area contributed by atoms with Gasteiger partial charge in [0.05, 0.1) is 5.69 Å². The Hall–Kier alpha value is -2.27. The summed E-state index contributed by atoms with van der Waals surface area (Å²) in [6, 6.07) is 9.56. The van der Waals surface area contributed by atoms with Gasteiger partial charge in [0, 0.05) is 11.1 Å². The zero-order chi connectivity index (χ0) is 15.6. The molecule has 5 heteroatoms. The number of hydrogen-bond donors (Lipinski definition) is 2. The number of thiocarbonyl (C=S) groups is 1. The highest BCUT2D eigenvalue weighted by atomic mass is 32.1. The molecule has 1 amide bonds. The molecule has 0 aliphatic carbocycles. The van der Waals surface area contributed by atoms with Gasteiger partial charge in [0.2, 0.25) is 0 Å². The Morgan fingerprint density at radius 2 is 1.76 bits per heavy atom. The molecule has 0 aliphatic heterocycles. The van der Waals surface area contributed by atoms with Crippen molar-refractivity contribution in [1.82, 2.24) is 0 Å². The van der Waals surface area contributed by atoms with Crippen molar-refractivity contribution in [2.75, 3.05) is 5.32 Å². The van der Waals surface area contributed by atoms with Crippen LogP contribution in [-0.2, 0) is 0 Å². The summed E-state index contributed by atoms with van der Waals surface area (Å²) in [5, 5.41) is 2.54. The summed E-state index contributed by atoms with van der Waals surface area (Å²) in [5.74, 6) is -0.933. The Bertz CT molecular complexity index is 728. The number of benzene rings is 2. The maximum absolute atomic E-state index is 13.9. The Labute approximate surface area is 128 Å². The number of halogens is 1. The molecule has 3 N–H and O–H groups in total. The van der Waals surface area contributed by atoms with Gasteiger partial charge in [0.25, 0.3) is 5.91 Å². The van der Waals surface area contributed by atoms with E-state index >= 15 is 0 Å². The van der Waals surface area contributed by atoms with Gasteiger partial charge in [-0.3, -0.25) is 4.79 Å². The zero-order valence-electron chi connectivity index (χ0n) is 11.7. The third kappa shape index (κ3) is 3.44. The number of anilines is 1. The van der Waals surface area contributed by atoms with Gasteiger partial charge in [-0.25, -0.2) is 4.39 Å². The van der Waals surface area contributed by atoms with Gasteiger partial charge in [-0.05, 0) is 55.3 Å². The highest BCUT2D eigenvalue weighted by molar-refractivity contribution is 7.80. The first-order valence-electron chi connectivity index (χ1n) is 6.36. The summed E-state index contributed by atoms with van der Waals surface area (Å²) in [5.41, 5.74) is 8.54. The summed E-state index contributed by atoms with van der Waals surface area (Å²) >= 11 is 4.78. The Morgan fingerprint density at radius 3 is 2.33 bits per heavy atom. The van der Waals surface area contributed by atoms with E-state index in [0.717, 1.165) is 11.1 Å². The van der Waals surface area contributed by atoms with E-state index < -0.39 is 5.82 Å². The van der Waals surface area contributed by atoms with Crippen LogP contribution in [0.25, 0.3) is 0 Å². The van der Waals surface area contributed by atoms with Crippen LogP contribution >= 0.6 is 12.2 Å². The first-order chi connectivity index (χ1) is 9.88. The van der Waals surface area contributed by atoms with E-state index in [1.54, 1.807) is 18.2 Å². The van der Waals surface area contributed by atoms with E-state index in [2.05, 4.69) is 5.32 Å². The Balaban J connectivity index is 2.23. The van der Waals surface area contributed by atoms with Crippen molar-refractivity contribution in [3.63, 3.8) is 0 Å². The van der Waals surface area contributed by atoms with Gasteiger partial charge in [0.15, 0.2) is 0 Å². The van der Waals surface area contributed by atoms with Crippen LogP contribution in [0, 0.1) is 19.7 Å². The highest BCUT2D eigenvalue weighted by Gasteiger charge is 2.11. The average Bonchev–Trinajstić information content (AvgIpc) is 2.43. The molecule has 0 aromatic heterocycles. The number of nitrogens with two attached hydrogens (primary N) is 1. The second kappa shape index (κ2) is 6.01. The van der Waals surface area contributed by atoms with Crippen molar-refractivity contribution in [3.8, 4) is 0 Å². The smallest absolute Gasteiger partial charge is 0.255 e. The molecule has 3 nitrogen and oxygen atoms in total. The number of amides is 1. The van der Waals surface area contributed by atoms with Crippen LogP contribution in [0.3, 0.4) is 0 Å². The maximum atomic E-state index is 13.9. The molecule has 2 rings (SSSR count). The lowest BCUT2D eigenvalue weighted by Crippen LogP contribution is -2.14. The van der Waals surface area contributed by atoms with Crippen LogP contribution in [-0.4, -0.2) is 10.9 Å². The van der Waals surface area contributed by atoms with Crippen molar-refractivity contribution in [3.05, 3.63) is 64.5 Å². The van der Waals surface area contributed by atoms with Crippen molar-refractivity contribution in [1.29, 1.82) is 0 Å². The van der Waals surface area contributed by atoms with Crippen LogP contribution in [0.15, 0.2) is 36.4 Å². The summed E-state index contributed by atoms with van der Waals surface area (Å²) < 4.78 is 13.9. The molecule has 0 saturated heterocycles. The second-order valence-corrected chi connectivity index (χ2v) is 5.25. The minimum absolute atomic E-state index is 0.0956. The monoisotopic (exact) mass is 302 g/mol. The molecule has 0 heterocycles. The number of carbonyl (C=O) groups excluding carboxylic acids is 1. The number of carbonyl (C=O) groups is 1. The topological polar surface area (TPSA) is 55.1 Å². The number of nitrogens with one attached hydrogen (secondary N) is 1. The van der Waals surface area contributed by atoms with E-state index in [9.17, 15) is 9.18 Å². The normalized spacial score (nSPS) is 10.2. The van der Waals surface area contributed by atoms with Gasteiger partial charge in [-0.1, -0.05) is 18.3 Å². The van der Waals surface area contributed by atoms with Crippen LogP contribution in [0.5, 0.6) is 0 Å². The largest absolute Gasteiger partial charge is 0.389 e. The first kappa shape index (κ1) is 15.1. The van der Waals surface area contributed by atoms with E-state index in [0.29, 0.717) is 11.1 Å². The fourth-order valence-corrected chi connectivity index (χ4v) is 1.97. The molecule has 0 atom stereocenters. The summed E-state index contributed by atoms with van der Waals surface area (Å²) in [6.45, 7) is 3.88. The fraction of sp³-hybridized carbons (Fsp3) is 0.125. The van der Waals surface area contributed by atoms with Crippen molar-refractivity contribution < 1.29 is 9.18 Å². The number of hydrogen-bond acceptors (Lipinski definition) is 2. The first-order valence-corrected chi connectivity index (χ1v) is 6.77.